The van der Waals surface area contributed by atoms with Gasteiger partial charge in [0.05, 0.1) is 6.67 Å². The number of nitrogens with one attached hydrogen (secondary N) is 1. The summed E-state index contributed by atoms with van der Waals surface area (Å²) in [5.74, 6) is 1.77. The van der Waals surface area contributed by atoms with Gasteiger partial charge in [-0.15, -0.1) is 0 Å². The van der Waals surface area contributed by atoms with E-state index in [1.165, 1.54) is 11.5 Å². The number of aromatic nitrogens is 2. The lowest BCUT2D eigenvalue weighted by molar-refractivity contribution is 0.370. The van der Waals surface area contributed by atoms with Crippen LogP contribution < -0.4 is 10.2 Å². The lowest BCUT2D eigenvalue weighted by atomic mass is 10.3. The lowest BCUT2D eigenvalue weighted by Crippen LogP contribution is -2.52. The summed E-state index contributed by atoms with van der Waals surface area (Å²) < 4.78 is 16.5. The van der Waals surface area contributed by atoms with Gasteiger partial charge in [-0.05, 0) is 6.42 Å². The van der Waals surface area contributed by atoms with Crippen LogP contribution >= 0.6 is 11.5 Å². The second-order valence-corrected chi connectivity index (χ2v) is 5.57. The lowest BCUT2D eigenvalue weighted by Gasteiger charge is -2.36. The SMILES string of the molecule is CCc1nsc(N2CCN(C(=NC)NCCCF)CC2)n1. The monoisotopic (exact) mass is 314 g/mol. The maximum absolute atomic E-state index is 12.1. The van der Waals surface area contributed by atoms with Crippen molar-refractivity contribution >= 4 is 22.6 Å². The van der Waals surface area contributed by atoms with Crippen LogP contribution in [0.25, 0.3) is 0 Å². The molecule has 0 unspecified atom stereocenters. The minimum Gasteiger partial charge on any atom is -0.356 e. The van der Waals surface area contributed by atoms with Crippen molar-refractivity contribution in [3.63, 3.8) is 0 Å². The van der Waals surface area contributed by atoms with Crippen LogP contribution in [0.2, 0.25) is 0 Å². The number of anilines is 1. The molecule has 2 heterocycles. The standard InChI is InChI=1S/C13H23FN6S/c1-3-11-17-13(21-18-11)20-9-7-19(8-10-20)12(15-2)16-6-4-5-14/h3-10H2,1-2H3,(H,15,16). The van der Waals surface area contributed by atoms with Crippen LogP contribution in [0.1, 0.15) is 19.2 Å². The Hall–Kier alpha value is -1.44. The fraction of sp³-hybridized carbons (Fsp3) is 0.769. The molecule has 0 spiro atoms. The number of aryl methyl sites for hydroxylation is 1. The molecule has 2 rings (SSSR count). The number of halogens is 1. The fourth-order valence-electron chi connectivity index (χ4n) is 2.23. The van der Waals surface area contributed by atoms with Crippen molar-refractivity contribution in [2.45, 2.75) is 19.8 Å². The van der Waals surface area contributed by atoms with E-state index in [4.69, 9.17) is 0 Å². The highest BCUT2D eigenvalue weighted by molar-refractivity contribution is 7.09. The third-order valence-corrected chi connectivity index (χ3v) is 4.24. The van der Waals surface area contributed by atoms with Gasteiger partial charge in [0, 0.05) is 57.7 Å². The van der Waals surface area contributed by atoms with Gasteiger partial charge in [-0.25, -0.2) is 4.98 Å². The van der Waals surface area contributed by atoms with E-state index in [0.717, 1.165) is 49.5 Å². The Bertz CT molecular complexity index is 455. The zero-order valence-electron chi connectivity index (χ0n) is 12.7. The summed E-state index contributed by atoms with van der Waals surface area (Å²) in [6.45, 7) is 5.97. The maximum atomic E-state index is 12.1. The van der Waals surface area contributed by atoms with Gasteiger partial charge in [0.2, 0.25) is 5.13 Å². The second kappa shape index (κ2) is 8.11. The van der Waals surface area contributed by atoms with Crippen molar-refractivity contribution in [2.24, 2.45) is 4.99 Å². The Morgan fingerprint density at radius 2 is 2.14 bits per heavy atom. The van der Waals surface area contributed by atoms with Crippen LogP contribution in [0.5, 0.6) is 0 Å². The highest BCUT2D eigenvalue weighted by Crippen LogP contribution is 2.19. The maximum Gasteiger partial charge on any atom is 0.205 e. The first kappa shape index (κ1) is 15.9. The number of rotatable bonds is 5. The molecule has 1 fully saturated rings. The number of nitrogens with zero attached hydrogens (tertiary/aromatic N) is 5. The normalized spacial score (nSPS) is 16.4. The molecular formula is C13H23FN6S. The first-order valence-corrected chi connectivity index (χ1v) is 8.15. The molecule has 0 aromatic carbocycles. The molecule has 118 valence electrons. The van der Waals surface area contributed by atoms with Gasteiger partial charge >= 0.3 is 0 Å². The van der Waals surface area contributed by atoms with Gasteiger partial charge in [0.15, 0.2) is 5.96 Å². The van der Waals surface area contributed by atoms with Crippen LogP contribution in [0.15, 0.2) is 4.99 Å². The number of hydrogen-bond acceptors (Lipinski definition) is 5. The topological polar surface area (TPSA) is 56.7 Å². The minimum absolute atomic E-state index is 0.297. The number of guanidine groups is 1. The van der Waals surface area contributed by atoms with Gasteiger partial charge in [-0.1, -0.05) is 6.92 Å². The van der Waals surface area contributed by atoms with Crippen LogP contribution in [-0.2, 0) is 6.42 Å². The molecule has 1 saturated heterocycles. The molecule has 1 aromatic heterocycles. The van der Waals surface area contributed by atoms with Crippen molar-refractivity contribution in [3.05, 3.63) is 5.82 Å². The molecule has 0 aliphatic carbocycles. The van der Waals surface area contributed by atoms with Crippen LogP contribution in [0.4, 0.5) is 9.52 Å². The zero-order valence-corrected chi connectivity index (χ0v) is 13.5. The molecule has 1 N–H and O–H groups in total. The summed E-state index contributed by atoms with van der Waals surface area (Å²) in [7, 11) is 1.77. The van der Waals surface area contributed by atoms with Gasteiger partial charge in [-0.2, -0.15) is 4.37 Å². The fourth-order valence-corrected chi connectivity index (χ4v) is 3.03. The van der Waals surface area contributed by atoms with E-state index < -0.39 is 0 Å². The predicted octanol–water partition coefficient (Wildman–Crippen LogP) is 1.16. The Kier molecular flexibility index (Phi) is 6.16. The van der Waals surface area contributed by atoms with Gasteiger partial charge in [-0.3, -0.25) is 9.38 Å². The smallest absolute Gasteiger partial charge is 0.205 e. The molecule has 21 heavy (non-hydrogen) atoms. The molecule has 1 aromatic rings. The summed E-state index contributed by atoms with van der Waals surface area (Å²) in [5.41, 5.74) is 0. The van der Waals surface area contributed by atoms with E-state index in [-0.39, 0.29) is 6.67 Å². The Morgan fingerprint density at radius 3 is 2.71 bits per heavy atom. The van der Waals surface area contributed by atoms with E-state index >= 15 is 0 Å². The number of piperazine rings is 1. The molecule has 1 aliphatic heterocycles. The molecule has 0 bridgehead atoms. The average Bonchev–Trinajstić information content (AvgIpc) is 3.01. The van der Waals surface area contributed by atoms with Crippen LogP contribution in [0, 0.1) is 0 Å². The first-order valence-electron chi connectivity index (χ1n) is 7.37. The van der Waals surface area contributed by atoms with Gasteiger partial charge in [0.25, 0.3) is 0 Å². The molecule has 0 atom stereocenters. The summed E-state index contributed by atoms with van der Waals surface area (Å²) in [4.78, 5) is 13.3. The quantitative estimate of drug-likeness (QED) is 0.502. The van der Waals surface area contributed by atoms with E-state index in [9.17, 15) is 4.39 Å². The third kappa shape index (κ3) is 4.26. The molecule has 0 amide bonds. The molecular weight excluding hydrogens is 291 g/mol. The summed E-state index contributed by atoms with van der Waals surface area (Å²) >= 11 is 1.47. The van der Waals surface area contributed by atoms with Crippen molar-refractivity contribution < 1.29 is 4.39 Å². The molecule has 1 aliphatic rings. The average molecular weight is 314 g/mol. The predicted molar refractivity (Wildman–Crippen MR) is 85.0 cm³/mol. The van der Waals surface area contributed by atoms with E-state index in [1.54, 1.807) is 7.05 Å². The summed E-state index contributed by atoms with van der Waals surface area (Å²) in [5, 5.41) is 4.21. The third-order valence-electron chi connectivity index (χ3n) is 3.43. The van der Waals surface area contributed by atoms with Crippen molar-refractivity contribution in [3.8, 4) is 0 Å². The van der Waals surface area contributed by atoms with Crippen LogP contribution in [0.3, 0.4) is 0 Å². The molecule has 0 radical (unpaired) electrons. The first-order chi connectivity index (χ1) is 10.3. The summed E-state index contributed by atoms with van der Waals surface area (Å²) in [6.07, 6.45) is 1.39. The van der Waals surface area contributed by atoms with E-state index in [0.29, 0.717) is 13.0 Å². The van der Waals surface area contributed by atoms with Crippen molar-refractivity contribution in [1.29, 1.82) is 0 Å². The van der Waals surface area contributed by atoms with Crippen molar-refractivity contribution in [2.75, 3.05) is 51.3 Å². The molecule has 6 nitrogen and oxygen atoms in total. The minimum atomic E-state index is -0.297. The number of aliphatic imine (C=N–C) groups is 1. The highest BCUT2D eigenvalue weighted by Gasteiger charge is 2.21. The highest BCUT2D eigenvalue weighted by atomic mass is 32.1. The number of hydrogen-bond donors (Lipinski definition) is 1. The van der Waals surface area contributed by atoms with Gasteiger partial charge in [0.1, 0.15) is 5.82 Å². The Balaban J connectivity index is 1.84. The second-order valence-electron chi connectivity index (χ2n) is 4.84. The van der Waals surface area contributed by atoms with E-state index in [1.807, 2.05) is 0 Å². The van der Waals surface area contributed by atoms with Crippen molar-refractivity contribution in [1.82, 2.24) is 19.6 Å². The van der Waals surface area contributed by atoms with Crippen LogP contribution in [-0.4, -0.2) is 66.7 Å². The zero-order chi connectivity index (χ0) is 15.1. The van der Waals surface area contributed by atoms with E-state index in [2.05, 4.69) is 36.4 Å². The molecule has 8 heteroatoms. The Morgan fingerprint density at radius 1 is 1.38 bits per heavy atom. The largest absolute Gasteiger partial charge is 0.356 e. The Labute approximate surface area is 129 Å². The molecule has 0 saturated carbocycles. The number of alkyl halides is 1. The van der Waals surface area contributed by atoms with Gasteiger partial charge < -0.3 is 15.1 Å². The summed E-state index contributed by atoms with van der Waals surface area (Å²) in [6, 6.07) is 0.